The van der Waals surface area contributed by atoms with E-state index in [2.05, 4.69) is 21.1 Å². The van der Waals surface area contributed by atoms with Crippen LogP contribution >= 0.6 is 0 Å². The van der Waals surface area contributed by atoms with Gasteiger partial charge in [-0.2, -0.15) is 0 Å². The van der Waals surface area contributed by atoms with Gasteiger partial charge in [0.05, 0.1) is 24.2 Å². The van der Waals surface area contributed by atoms with Crippen LogP contribution in [0.4, 0.5) is 5.69 Å². The molecule has 0 radical (unpaired) electrons. The smallest absolute Gasteiger partial charge is 0.224 e. The molecule has 0 atom stereocenters. The summed E-state index contributed by atoms with van der Waals surface area (Å²) in [5.74, 6) is 5.22. The Morgan fingerprint density at radius 3 is 2.89 bits per heavy atom. The first-order chi connectivity index (χ1) is 13.1. The first kappa shape index (κ1) is 20.4. The maximum absolute atomic E-state index is 12.2. The molecule has 9 heteroatoms. The van der Waals surface area contributed by atoms with Crippen LogP contribution in [-0.4, -0.2) is 28.0 Å². The molecule has 0 bridgehead atoms. The topological polar surface area (TPSA) is 133 Å². The second-order valence-electron chi connectivity index (χ2n) is 6.08. The lowest BCUT2D eigenvalue weighted by Gasteiger charge is -2.11. The standard InChI is InChI=1S/C18H27N7O2/c1-27-13-14-12-25(24-23-14)10-6-2-3-9-18(26)22-17-8-5-4-7-15(17)16(19)11-21-20/h4-5,7-8,11-12,21H,2-3,6,9-10,13,19-20H2,1H3,(H,22,26)/b16-11-. The number of benzene rings is 1. The number of hydrogen-bond donors (Lipinski definition) is 4. The van der Waals surface area contributed by atoms with Crippen molar-refractivity contribution in [1.82, 2.24) is 20.4 Å². The Morgan fingerprint density at radius 2 is 2.11 bits per heavy atom. The number of hydrazine groups is 1. The van der Waals surface area contributed by atoms with Gasteiger partial charge in [-0.1, -0.05) is 29.8 Å². The molecule has 1 amide bonds. The van der Waals surface area contributed by atoms with Crippen molar-refractivity contribution >= 4 is 17.3 Å². The van der Waals surface area contributed by atoms with E-state index in [4.69, 9.17) is 16.3 Å². The van der Waals surface area contributed by atoms with E-state index in [1.165, 1.54) is 6.20 Å². The van der Waals surface area contributed by atoms with Gasteiger partial charge in [0.25, 0.3) is 0 Å². The van der Waals surface area contributed by atoms with Gasteiger partial charge in [0, 0.05) is 31.8 Å². The summed E-state index contributed by atoms with van der Waals surface area (Å²) in [7, 11) is 1.63. The summed E-state index contributed by atoms with van der Waals surface area (Å²) in [6.07, 6.45) is 6.45. The molecule has 2 aromatic rings. The van der Waals surface area contributed by atoms with E-state index in [0.717, 1.165) is 37.1 Å². The van der Waals surface area contributed by atoms with Crippen LogP contribution in [0.25, 0.3) is 5.70 Å². The summed E-state index contributed by atoms with van der Waals surface area (Å²) in [6.45, 7) is 1.23. The number of hydrogen-bond acceptors (Lipinski definition) is 7. The van der Waals surface area contributed by atoms with Crippen LogP contribution in [0.2, 0.25) is 0 Å². The molecule has 1 aromatic carbocycles. The van der Waals surface area contributed by atoms with Crippen LogP contribution in [0.5, 0.6) is 0 Å². The van der Waals surface area contributed by atoms with Crippen molar-refractivity contribution in [2.24, 2.45) is 11.6 Å². The number of amides is 1. The summed E-state index contributed by atoms with van der Waals surface area (Å²) in [6, 6.07) is 7.34. The Kier molecular flexibility index (Phi) is 8.27. The molecular formula is C18H27N7O2. The number of rotatable bonds is 11. The summed E-state index contributed by atoms with van der Waals surface area (Å²) < 4.78 is 6.81. The highest BCUT2D eigenvalue weighted by Gasteiger charge is 2.08. The van der Waals surface area contributed by atoms with Crippen LogP contribution in [0, 0.1) is 0 Å². The monoisotopic (exact) mass is 373 g/mol. The molecule has 27 heavy (non-hydrogen) atoms. The van der Waals surface area contributed by atoms with Gasteiger partial charge in [-0.25, -0.2) is 0 Å². The van der Waals surface area contributed by atoms with Crippen molar-refractivity contribution in [3.05, 3.63) is 47.9 Å². The third-order valence-electron chi connectivity index (χ3n) is 3.92. The highest BCUT2D eigenvalue weighted by atomic mass is 16.5. The van der Waals surface area contributed by atoms with Crippen LogP contribution in [0.1, 0.15) is 36.9 Å². The van der Waals surface area contributed by atoms with Gasteiger partial charge >= 0.3 is 0 Å². The molecule has 9 nitrogen and oxygen atoms in total. The fourth-order valence-electron chi connectivity index (χ4n) is 2.62. The third-order valence-corrected chi connectivity index (χ3v) is 3.92. The van der Waals surface area contributed by atoms with Gasteiger partial charge in [-0.05, 0) is 18.9 Å². The van der Waals surface area contributed by atoms with Crippen molar-refractivity contribution in [3.63, 3.8) is 0 Å². The average Bonchev–Trinajstić information content (AvgIpc) is 3.10. The van der Waals surface area contributed by atoms with Gasteiger partial charge in [-0.15, -0.1) is 5.10 Å². The number of carbonyl (C=O) groups excluding carboxylic acids is 1. The maximum atomic E-state index is 12.2. The molecule has 0 aliphatic rings. The van der Waals surface area contributed by atoms with Crippen molar-refractivity contribution in [2.75, 3.05) is 12.4 Å². The van der Waals surface area contributed by atoms with Crippen molar-refractivity contribution in [1.29, 1.82) is 0 Å². The Bertz CT molecular complexity index is 758. The predicted molar refractivity (Wildman–Crippen MR) is 104 cm³/mol. The molecule has 0 saturated heterocycles. The number of nitrogens with zero attached hydrogens (tertiary/aromatic N) is 3. The van der Waals surface area contributed by atoms with Crippen molar-refractivity contribution < 1.29 is 9.53 Å². The van der Waals surface area contributed by atoms with E-state index in [9.17, 15) is 4.79 Å². The molecular weight excluding hydrogens is 346 g/mol. The zero-order chi connectivity index (χ0) is 19.5. The molecule has 0 saturated carbocycles. The quantitative estimate of drug-likeness (QED) is 0.265. The predicted octanol–water partition coefficient (Wildman–Crippen LogP) is 1.34. The summed E-state index contributed by atoms with van der Waals surface area (Å²) >= 11 is 0. The number of nitrogens with one attached hydrogen (secondary N) is 2. The van der Waals surface area contributed by atoms with Gasteiger partial charge in [-0.3, -0.25) is 15.3 Å². The van der Waals surface area contributed by atoms with E-state index in [1.54, 1.807) is 11.8 Å². The first-order valence-electron chi connectivity index (χ1n) is 8.83. The van der Waals surface area contributed by atoms with Crippen molar-refractivity contribution in [3.8, 4) is 0 Å². The lowest BCUT2D eigenvalue weighted by molar-refractivity contribution is -0.116. The van der Waals surface area contributed by atoms with Crippen LogP contribution in [-0.2, 0) is 22.7 Å². The summed E-state index contributed by atoms with van der Waals surface area (Å²) in [5.41, 5.74) is 11.0. The van der Waals surface area contributed by atoms with Gasteiger partial charge < -0.3 is 21.2 Å². The molecule has 0 aliphatic carbocycles. The number of aromatic nitrogens is 3. The second kappa shape index (κ2) is 10.9. The number of unbranched alkanes of at least 4 members (excludes halogenated alkanes) is 2. The molecule has 0 aliphatic heterocycles. The molecule has 0 unspecified atom stereocenters. The number of methoxy groups -OCH3 is 1. The minimum absolute atomic E-state index is 0.0425. The summed E-state index contributed by atoms with van der Waals surface area (Å²) in [5, 5.41) is 11.0. The number of ether oxygens (including phenoxy) is 1. The number of carbonyl (C=O) groups is 1. The Balaban J connectivity index is 1.73. The van der Waals surface area contributed by atoms with E-state index in [1.807, 2.05) is 30.5 Å². The molecule has 0 spiro atoms. The normalized spacial score (nSPS) is 11.4. The average molecular weight is 373 g/mol. The Morgan fingerprint density at radius 1 is 1.30 bits per heavy atom. The fourth-order valence-corrected chi connectivity index (χ4v) is 2.62. The van der Waals surface area contributed by atoms with Crippen molar-refractivity contribution in [2.45, 2.75) is 38.8 Å². The third kappa shape index (κ3) is 6.72. The molecule has 2 rings (SSSR count). The van der Waals surface area contributed by atoms with E-state index < -0.39 is 0 Å². The summed E-state index contributed by atoms with van der Waals surface area (Å²) in [4.78, 5) is 12.2. The fraction of sp³-hybridized carbons (Fsp3) is 0.389. The van der Waals surface area contributed by atoms with Gasteiger partial charge in [0.15, 0.2) is 0 Å². The zero-order valence-corrected chi connectivity index (χ0v) is 15.5. The minimum Gasteiger partial charge on any atom is -0.397 e. The molecule has 146 valence electrons. The first-order valence-corrected chi connectivity index (χ1v) is 8.83. The van der Waals surface area contributed by atoms with Gasteiger partial charge in [0.1, 0.15) is 5.69 Å². The van der Waals surface area contributed by atoms with E-state index in [-0.39, 0.29) is 5.91 Å². The lowest BCUT2D eigenvalue weighted by atomic mass is 10.1. The highest BCUT2D eigenvalue weighted by Crippen LogP contribution is 2.20. The SMILES string of the molecule is COCc1cn(CCCCCC(=O)Nc2ccccc2/C(N)=C/NN)nn1. The second-order valence-corrected chi connectivity index (χ2v) is 6.08. The largest absolute Gasteiger partial charge is 0.397 e. The number of aryl methyl sites for hydroxylation is 1. The van der Waals surface area contributed by atoms with Crippen LogP contribution < -0.4 is 22.3 Å². The Labute approximate surface area is 158 Å². The number of anilines is 1. The van der Waals surface area contributed by atoms with Crippen LogP contribution in [0.3, 0.4) is 0 Å². The van der Waals surface area contributed by atoms with Gasteiger partial charge in [0.2, 0.25) is 5.91 Å². The number of para-hydroxylation sites is 1. The Hall–Kier alpha value is -2.91. The molecule has 1 aromatic heterocycles. The maximum Gasteiger partial charge on any atom is 0.224 e. The molecule has 1 heterocycles. The minimum atomic E-state index is -0.0425. The van der Waals surface area contributed by atoms with Crippen LogP contribution in [0.15, 0.2) is 36.7 Å². The number of nitrogens with two attached hydrogens (primary N) is 2. The van der Waals surface area contributed by atoms with E-state index in [0.29, 0.717) is 24.4 Å². The highest BCUT2D eigenvalue weighted by molar-refractivity contribution is 5.93. The molecule has 0 fully saturated rings. The zero-order valence-electron chi connectivity index (χ0n) is 15.5. The van der Waals surface area contributed by atoms with E-state index >= 15 is 0 Å². The lowest BCUT2D eigenvalue weighted by Crippen LogP contribution is -2.17. The molecule has 6 N–H and O–H groups in total.